The van der Waals surface area contributed by atoms with Gasteiger partial charge in [-0.3, -0.25) is 10.1 Å². The molecular weight excluding hydrogens is 604 g/mol. The number of rotatable bonds is 14. The predicted molar refractivity (Wildman–Crippen MR) is 179 cm³/mol. The maximum Gasteiger partial charge on any atom is 0.410 e. The number of benzene rings is 3. The number of non-ortho nitro benzene ring substituents is 1. The number of sulfonamides is 1. The van der Waals surface area contributed by atoms with Gasteiger partial charge in [0.1, 0.15) is 6.61 Å². The lowest BCUT2D eigenvalue weighted by Gasteiger charge is -2.40. The van der Waals surface area contributed by atoms with E-state index >= 15 is 0 Å². The van der Waals surface area contributed by atoms with E-state index < -0.39 is 26.5 Å². The van der Waals surface area contributed by atoms with E-state index in [1.807, 2.05) is 25.1 Å². The number of nitrogens with zero attached hydrogens (tertiary/aromatic N) is 4. The van der Waals surface area contributed by atoms with Crippen LogP contribution in [0.2, 0.25) is 0 Å². The van der Waals surface area contributed by atoms with E-state index in [0.717, 1.165) is 50.0 Å². The average molecular weight is 649 g/mol. The van der Waals surface area contributed by atoms with Crippen LogP contribution in [0, 0.1) is 10.1 Å². The SMILES string of the molecule is C=C(C)CN(C(=O)OCc1ccc([N+](=O)[O-])cc1)C1CCN(CCC(C)(CN(C)S(=O)(=O)c2ccccc2)c2ccccc2)CC1. The Hall–Kier alpha value is -4.06. The molecule has 1 aliphatic heterocycles. The zero-order chi connectivity index (χ0) is 33.3. The van der Waals surface area contributed by atoms with Crippen molar-refractivity contribution < 1.29 is 22.9 Å². The van der Waals surface area contributed by atoms with Crippen molar-refractivity contribution in [2.75, 3.05) is 39.8 Å². The molecule has 1 saturated heterocycles. The molecule has 46 heavy (non-hydrogen) atoms. The second-order valence-corrected chi connectivity index (χ2v) is 14.4. The number of hydrogen-bond acceptors (Lipinski definition) is 7. The van der Waals surface area contributed by atoms with E-state index in [1.165, 1.54) is 16.4 Å². The van der Waals surface area contributed by atoms with Gasteiger partial charge in [-0.25, -0.2) is 17.5 Å². The van der Waals surface area contributed by atoms with Gasteiger partial charge in [-0.2, -0.15) is 0 Å². The lowest BCUT2D eigenvalue weighted by Crippen LogP contribution is -2.49. The number of nitro groups is 1. The smallest absolute Gasteiger partial charge is 0.410 e. The van der Waals surface area contributed by atoms with Crippen molar-refractivity contribution in [1.82, 2.24) is 14.1 Å². The van der Waals surface area contributed by atoms with Gasteiger partial charge in [-0.15, -0.1) is 0 Å². The molecule has 1 aliphatic rings. The fraction of sp³-hybridized carbons (Fsp3) is 0.400. The molecule has 10 nitrogen and oxygen atoms in total. The lowest BCUT2D eigenvalue weighted by molar-refractivity contribution is -0.384. The zero-order valence-corrected chi connectivity index (χ0v) is 27.7. The number of carbonyl (C=O) groups is 1. The Balaban J connectivity index is 1.37. The van der Waals surface area contributed by atoms with E-state index in [2.05, 4.69) is 30.5 Å². The molecule has 1 atom stereocenters. The van der Waals surface area contributed by atoms with Crippen LogP contribution in [0.3, 0.4) is 0 Å². The Labute approximate surface area is 272 Å². The Kier molecular flexibility index (Phi) is 11.7. The van der Waals surface area contributed by atoms with Crippen LogP contribution < -0.4 is 0 Å². The van der Waals surface area contributed by atoms with Crippen molar-refractivity contribution in [3.05, 3.63) is 118 Å². The molecule has 1 fully saturated rings. The van der Waals surface area contributed by atoms with E-state index in [-0.39, 0.29) is 23.2 Å². The summed E-state index contributed by atoms with van der Waals surface area (Å²) in [6.45, 7) is 11.1. The third-order valence-electron chi connectivity index (χ3n) is 8.66. The van der Waals surface area contributed by atoms with Crippen LogP contribution in [0.5, 0.6) is 0 Å². The molecular formula is C35H44N4O6S. The molecule has 1 amide bonds. The minimum atomic E-state index is -3.65. The Morgan fingerprint density at radius 1 is 1.02 bits per heavy atom. The van der Waals surface area contributed by atoms with Gasteiger partial charge >= 0.3 is 6.09 Å². The van der Waals surface area contributed by atoms with Gasteiger partial charge in [-0.1, -0.05) is 67.6 Å². The maximum atomic E-state index is 13.4. The van der Waals surface area contributed by atoms with Gasteiger partial charge in [-0.05, 0) is 68.1 Å². The summed E-state index contributed by atoms with van der Waals surface area (Å²) < 4.78 is 33.8. The second-order valence-electron chi connectivity index (χ2n) is 12.4. The third-order valence-corrected chi connectivity index (χ3v) is 10.5. The van der Waals surface area contributed by atoms with E-state index in [0.29, 0.717) is 18.7 Å². The number of likely N-dealkylation sites (tertiary alicyclic amines) is 1. The molecule has 0 aromatic heterocycles. The summed E-state index contributed by atoms with van der Waals surface area (Å²) in [5.74, 6) is 0. The van der Waals surface area contributed by atoms with Crippen molar-refractivity contribution in [2.45, 2.75) is 56.1 Å². The zero-order valence-electron chi connectivity index (χ0n) is 26.9. The topological polar surface area (TPSA) is 113 Å². The molecule has 0 aliphatic carbocycles. The average Bonchev–Trinajstić information content (AvgIpc) is 3.06. The molecule has 1 unspecified atom stereocenters. The van der Waals surface area contributed by atoms with E-state index in [4.69, 9.17) is 4.74 Å². The van der Waals surface area contributed by atoms with E-state index in [1.54, 1.807) is 54.4 Å². The van der Waals surface area contributed by atoms with Gasteiger partial charge in [0.15, 0.2) is 0 Å². The van der Waals surface area contributed by atoms with Crippen molar-refractivity contribution in [3.63, 3.8) is 0 Å². The first-order valence-electron chi connectivity index (χ1n) is 15.5. The van der Waals surface area contributed by atoms with Gasteiger partial charge < -0.3 is 14.5 Å². The highest BCUT2D eigenvalue weighted by molar-refractivity contribution is 7.89. The summed E-state index contributed by atoms with van der Waals surface area (Å²) in [5, 5.41) is 10.9. The Morgan fingerprint density at radius 3 is 2.17 bits per heavy atom. The highest BCUT2D eigenvalue weighted by Crippen LogP contribution is 2.31. The minimum Gasteiger partial charge on any atom is -0.445 e. The van der Waals surface area contributed by atoms with Crippen molar-refractivity contribution in [2.24, 2.45) is 0 Å². The van der Waals surface area contributed by atoms with Crippen LogP contribution >= 0.6 is 0 Å². The molecule has 0 bridgehead atoms. The number of ether oxygens (including phenoxy) is 1. The number of carbonyl (C=O) groups excluding carboxylic acids is 1. The van der Waals surface area contributed by atoms with Crippen LogP contribution in [0.1, 0.15) is 44.2 Å². The Bertz CT molecular complexity index is 1580. The number of amides is 1. The van der Waals surface area contributed by atoms with Crippen LogP contribution in [-0.2, 0) is 26.8 Å². The first kappa shape index (κ1) is 34.8. The first-order valence-corrected chi connectivity index (χ1v) is 16.9. The molecule has 4 rings (SSSR count). The van der Waals surface area contributed by atoms with Crippen LogP contribution in [0.4, 0.5) is 10.5 Å². The fourth-order valence-electron chi connectivity index (χ4n) is 5.94. The number of nitro benzene ring substituents is 1. The Morgan fingerprint density at radius 2 is 1.61 bits per heavy atom. The van der Waals surface area contributed by atoms with E-state index in [9.17, 15) is 23.3 Å². The van der Waals surface area contributed by atoms with Crippen molar-refractivity contribution in [3.8, 4) is 0 Å². The van der Waals surface area contributed by atoms with Crippen LogP contribution in [0.25, 0.3) is 0 Å². The van der Waals surface area contributed by atoms with Gasteiger partial charge in [0.05, 0.1) is 9.82 Å². The van der Waals surface area contributed by atoms with Crippen LogP contribution in [0.15, 0.2) is 102 Å². The molecule has 0 saturated carbocycles. The molecule has 246 valence electrons. The summed E-state index contributed by atoms with van der Waals surface area (Å²) in [4.78, 5) is 28.1. The summed E-state index contributed by atoms with van der Waals surface area (Å²) in [6, 6.07) is 24.5. The van der Waals surface area contributed by atoms with Gasteiger partial charge in [0, 0.05) is 56.8 Å². The molecule has 3 aromatic carbocycles. The molecule has 0 N–H and O–H groups in total. The summed E-state index contributed by atoms with van der Waals surface area (Å²) >= 11 is 0. The first-order chi connectivity index (χ1) is 21.9. The maximum absolute atomic E-state index is 13.4. The predicted octanol–water partition coefficient (Wildman–Crippen LogP) is 6.24. The number of likely N-dealkylation sites (N-methyl/N-ethyl adjacent to an activating group) is 1. The quantitative estimate of drug-likeness (QED) is 0.116. The standard InChI is InChI=1S/C35H44N4O6S/c1-28(2)25-38(34(40)45-26-29-15-17-32(18-16-29)39(41)42)31-19-22-37(23-20-31)24-21-35(3,30-11-7-5-8-12-30)27-36(4)46(43,44)33-13-9-6-10-14-33/h5-18,31H,1,19-27H2,2-4H3. The second kappa shape index (κ2) is 15.5. The van der Waals surface area contributed by atoms with Gasteiger partial charge in [0.25, 0.3) is 5.69 Å². The molecule has 0 radical (unpaired) electrons. The highest BCUT2D eigenvalue weighted by atomic mass is 32.2. The molecule has 11 heteroatoms. The summed E-state index contributed by atoms with van der Waals surface area (Å²) in [6.07, 6.45) is 1.86. The third kappa shape index (κ3) is 9.02. The monoisotopic (exact) mass is 648 g/mol. The molecule has 0 spiro atoms. The fourth-order valence-corrected chi connectivity index (χ4v) is 7.25. The normalized spacial score (nSPS) is 15.7. The largest absolute Gasteiger partial charge is 0.445 e. The highest BCUT2D eigenvalue weighted by Gasteiger charge is 2.35. The molecule has 3 aromatic rings. The lowest BCUT2D eigenvalue weighted by atomic mass is 9.79. The van der Waals surface area contributed by atoms with Gasteiger partial charge in [0.2, 0.25) is 10.0 Å². The minimum absolute atomic E-state index is 0.0139. The number of piperidine rings is 1. The van der Waals surface area contributed by atoms with Crippen LogP contribution in [-0.4, -0.2) is 79.4 Å². The van der Waals surface area contributed by atoms with Crippen molar-refractivity contribution in [1.29, 1.82) is 0 Å². The molecule has 1 heterocycles. The summed E-state index contributed by atoms with van der Waals surface area (Å²) in [7, 11) is -2.01. The number of hydrogen-bond donors (Lipinski definition) is 0. The summed E-state index contributed by atoms with van der Waals surface area (Å²) in [5.41, 5.74) is 2.17. The van der Waals surface area contributed by atoms with Crippen molar-refractivity contribution >= 4 is 21.8 Å².